The molecule has 0 aliphatic carbocycles. The molecule has 1 aromatic carbocycles. The number of aromatic nitrogens is 2. The molecule has 100 valence electrons. The van der Waals surface area contributed by atoms with Crippen LogP contribution in [0.1, 0.15) is 0 Å². The maximum atomic E-state index is 10.3. The summed E-state index contributed by atoms with van der Waals surface area (Å²) in [4.78, 5) is 10.3. The fraction of sp³-hybridized carbons (Fsp3) is 0.231. The molecule has 0 aliphatic rings. The molecule has 0 aliphatic heterocycles. The Morgan fingerprint density at radius 1 is 1.32 bits per heavy atom. The average molecular weight is 281 g/mol. The summed E-state index contributed by atoms with van der Waals surface area (Å²) in [7, 11) is 0. The number of benzene rings is 1. The highest BCUT2D eigenvalue weighted by molar-refractivity contribution is 6.30. The molecule has 0 unspecified atom stereocenters. The van der Waals surface area contributed by atoms with Crippen molar-refractivity contribution < 1.29 is 14.6 Å². The number of nitrogens with zero attached hydrogens (tertiary/aromatic N) is 2. The number of ether oxygens (including phenoxy) is 1. The van der Waals surface area contributed by atoms with Crippen molar-refractivity contribution in [3.05, 3.63) is 41.7 Å². The minimum atomic E-state index is -0.970. The molecule has 0 radical (unpaired) electrons. The molecule has 2 rings (SSSR count). The Hall–Kier alpha value is -1.85. The number of carboxylic acids is 1. The van der Waals surface area contributed by atoms with Gasteiger partial charge in [0.05, 0.1) is 19.3 Å². The molecule has 0 fully saturated rings. The molecular formula is C13H13ClN2O3. The molecule has 5 nitrogen and oxygen atoms in total. The Kier molecular flexibility index (Phi) is 4.54. The van der Waals surface area contributed by atoms with Crippen molar-refractivity contribution >= 4 is 17.6 Å². The molecule has 0 atom stereocenters. The lowest BCUT2D eigenvalue weighted by atomic mass is 10.1. The van der Waals surface area contributed by atoms with Crippen LogP contribution >= 0.6 is 11.6 Å². The van der Waals surface area contributed by atoms with Crippen LogP contribution in [0.5, 0.6) is 0 Å². The molecule has 1 aromatic heterocycles. The summed E-state index contributed by atoms with van der Waals surface area (Å²) in [6, 6.07) is 7.49. The topological polar surface area (TPSA) is 64.3 Å². The van der Waals surface area contributed by atoms with Crippen LogP contribution in [0.3, 0.4) is 0 Å². The molecule has 6 heteroatoms. The Morgan fingerprint density at radius 3 is 2.74 bits per heavy atom. The first-order valence-corrected chi connectivity index (χ1v) is 6.11. The van der Waals surface area contributed by atoms with Gasteiger partial charge in [0.2, 0.25) is 0 Å². The van der Waals surface area contributed by atoms with Crippen LogP contribution in [-0.2, 0) is 16.1 Å². The zero-order valence-electron chi connectivity index (χ0n) is 10.1. The van der Waals surface area contributed by atoms with Gasteiger partial charge in [0.15, 0.2) is 0 Å². The number of hydrogen-bond acceptors (Lipinski definition) is 3. The predicted molar refractivity (Wildman–Crippen MR) is 71.1 cm³/mol. The molecule has 0 saturated heterocycles. The molecule has 0 saturated carbocycles. The van der Waals surface area contributed by atoms with E-state index in [0.29, 0.717) is 18.2 Å². The summed E-state index contributed by atoms with van der Waals surface area (Å²) < 4.78 is 6.67. The first-order valence-electron chi connectivity index (χ1n) is 5.73. The third kappa shape index (κ3) is 4.08. The summed E-state index contributed by atoms with van der Waals surface area (Å²) in [5, 5.41) is 13.3. The van der Waals surface area contributed by atoms with Crippen LogP contribution in [0.15, 0.2) is 36.7 Å². The highest BCUT2D eigenvalue weighted by atomic mass is 35.5. The average Bonchev–Trinajstić information content (AvgIpc) is 2.84. The van der Waals surface area contributed by atoms with E-state index >= 15 is 0 Å². The van der Waals surface area contributed by atoms with Crippen molar-refractivity contribution in [2.45, 2.75) is 6.54 Å². The van der Waals surface area contributed by atoms with Gasteiger partial charge in [-0.1, -0.05) is 23.7 Å². The molecular weight excluding hydrogens is 268 g/mol. The van der Waals surface area contributed by atoms with E-state index in [4.69, 9.17) is 21.4 Å². The van der Waals surface area contributed by atoms with Gasteiger partial charge in [-0.25, -0.2) is 4.79 Å². The zero-order chi connectivity index (χ0) is 13.7. The Morgan fingerprint density at radius 2 is 2.05 bits per heavy atom. The molecule has 1 N–H and O–H groups in total. The molecule has 1 heterocycles. The number of carbonyl (C=O) groups is 1. The standard InChI is InChI=1S/C13H13ClN2O3/c14-12-3-1-10(2-4-12)11-7-15-16(8-11)5-6-19-9-13(17)18/h1-4,7-8H,5-6,9H2,(H,17,18). The highest BCUT2D eigenvalue weighted by Crippen LogP contribution is 2.20. The van der Waals surface area contributed by atoms with E-state index in [-0.39, 0.29) is 6.61 Å². The van der Waals surface area contributed by atoms with E-state index in [9.17, 15) is 4.79 Å². The fourth-order valence-electron chi connectivity index (χ4n) is 1.59. The molecule has 19 heavy (non-hydrogen) atoms. The number of halogens is 1. The lowest BCUT2D eigenvalue weighted by molar-refractivity contribution is -0.142. The lowest BCUT2D eigenvalue weighted by Crippen LogP contribution is -2.12. The Balaban J connectivity index is 1.91. The van der Waals surface area contributed by atoms with Crippen LogP contribution in [0.4, 0.5) is 0 Å². The maximum absolute atomic E-state index is 10.3. The van der Waals surface area contributed by atoms with Crippen molar-refractivity contribution in [1.82, 2.24) is 9.78 Å². The summed E-state index contributed by atoms with van der Waals surface area (Å²) >= 11 is 5.83. The number of rotatable bonds is 6. The number of hydrogen-bond donors (Lipinski definition) is 1. The van der Waals surface area contributed by atoms with Crippen LogP contribution < -0.4 is 0 Å². The quantitative estimate of drug-likeness (QED) is 0.825. The van der Waals surface area contributed by atoms with Crippen LogP contribution in [0, 0.1) is 0 Å². The van der Waals surface area contributed by atoms with E-state index in [1.807, 2.05) is 30.5 Å². The van der Waals surface area contributed by atoms with Crippen LogP contribution in [0.2, 0.25) is 5.02 Å². The van der Waals surface area contributed by atoms with Gasteiger partial charge in [-0.3, -0.25) is 4.68 Å². The second kappa shape index (κ2) is 6.36. The van der Waals surface area contributed by atoms with Crippen molar-refractivity contribution in [2.24, 2.45) is 0 Å². The minimum Gasteiger partial charge on any atom is -0.480 e. The Bertz CT molecular complexity index is 551. The lowest BCUT2D eigenvalue weighted by Gasteiger charge is -2.01. The third-order valence-electron chi connectivity index (χ3n) is 2.50. The number of carboxylic acid groups (broad SMARTS) is 1. The summed E-state index contributed by atoms with van der Waals surface area (Å²) in [5.74, 6) is -0.970. The molecule has 0 amide bonds. The first-order chi connectivity index (χ1) is 9.15. The monoisotopic (exact) mass is 280 g/mol. The van der Waals surface area contributed by atoms with Gasteiger partial charge in [0.1, 0.15) is 6.61 Å². The van der Waals surface area contributed by atoms with Crippen molar-refractivity contribution in [2.75, 3.05) is 13.2 Å². The van der Waals surface area contributed by atoms with E-state index in [2.05, 4.69) is 5.10 Å². The SMILES string of the molecule is O=C(O)COCCn1cc(-c2ccc(Cl)cc2)cn1. The fourth-order valence-corrected chi connectivity index (χ4v) is 1.72. The maximum Gasteiger partial charge on any atom is 0.329 e. The van der Waals surface area contributed by atoms with Gasteiger partial charge >= 0.3 is 5.97 Å². The van der Waals surface area contributed by atoms with E-state index in [1.54, 1.807) is 10.9 Å². The number of aliphatic carboxylic acids is 1. The smallest absolute Gasteiger partial charge is 0.329 e. The van der Waals surface area contributed by atoms with Crippen LogP contribution in [-0.4, -0.2) is 34.1 Å². The molecule has 2 aromatic rings. The summed E-state index contributed by atoms with van der Waals surface area (Å²) in [5.41, 5.74) is 2.01. The van der Waals surface area contributed by atoms with Gasteiger partial charge in [-0.15, -0.1) is 0 Å². The summed E-state index contributed by atoms with van der Waals surface area (Å²) in [6.07, 6.45) is 3.63. The first kappa shape index (κ1) is 13.6. The second-order valence-electron chi connectivity index (χ2n) is 3.95. The Labute approximate surface area is 115 Å². The van der Waals surface area contributed by atoms with Gasteiger partial charge in [0.25, 0.3) is 0 Å². The summed E-state index contributed by atoms with van der Waals surface area (Å²) in [6.45, 7) is 0.542. The van der Waals surface area contributed by atoms with Gasteiger partial charge < -0.3 is 9.84 Å². The highest BCUT2D eigenvalue weighted by Gasteiger charge is 2.02. The van der Waals surface area contributed by atoms with E-state index in [1.165, 1.54) is 0 Å². The van der Waals surface area contributed by atoms with Crippen LogP contribution in [0.25, 0.3) is 11.1 Å². The molecule has 0 spiro atoms. The largest absolute Gasteiger partial charge is 0.480 e. The zero-order valence-corrected chi connectivity index (χ0v) is 10.9. The second-order valence-corrected chi connectivity index (χ2v) is 4.38. The van der Waals surface area contributed by atoms with E-state index < -0.39 is 5.97 Å². The van der Waals surface area contributed by atoms with Crippen molar-refractivity contribution in [1.29, 1.82) is 0 Å². The third-order valence-corrected chi connectivity index (χ3v) is 2.75. The van der Waals surface area contributed by atoms with Gasteiger partial charge in [0, 0.05) is 16.8 Å². The van der Waals surface area contributed by atoms with Crippen molar-refractivity contribution in [3.63, 3.8) is 0 Å². The predicted octanol–water partition coefficient (Wildman–Crippen LogP) is 2.30. The van der Waals surface area contributed by atoms with Gasteiger partial charge in [-0.05, 0) is 17.7 Å². The minimum absolute atomic E-state index is 0.286. The normalized spacial score (nSPS) is 10.6. The van der Waals surface area contributed by atoms with Gasteiger partial charge in [-0.2, -0.15) is 5.10 Å². The van der Waals surface area contributed by atoms with E-state index in [0.717, 1.165) is 11.1 Å². The van der Waals surface area contributed by atoms with Crippen molar-refractivity contribution in [3.8, 4) is 11.1 Å². The molecule has 0 bridgehead atoms.